The molecule has 0 N–H and O–H groups in total. The third kappa shape index (κ3) is 6.16. The first-order chi connectivity index (χ1) is 19.4. The molecule has 8 nitrogen and oxygen atoms in total. The van der Waals surface area contributed by atoms with E-state index in [4.69, 9.17) is 29.0 Å². The van der Waals surface area contributed by atoms with Gasteiger partial charge in [-0.1, -0.05) is 28.1 Å². The smallest absolute Gasteiger partial charge is 0.344 e. The Hall–Kier alpha value is -3.41. The largest absolute Gasteiger partial charge is 0.493 e. The van der Waals surface area contributed by atoms with E-state index in [0.29, 0.717) is 23.7 Å². The SMILES string of the molecule is COc1ccc([C@@H]2CC(c3cccs3)=NN2c2nc(-c3cc(Br)ccc3OCC(=O)OC(C)C)cs2)cc1OC. The van der Waals surface area contributed by atoms with Gasteiger partial charge in [0, 0.05) is 21.8 Å². The molecule has 0 saturated heterocycles. The van der Waals surface area contributed by atoms with E-state index >= 15 is 0 Å². The molecule has 4 aromatic rings. The maximum Gasteiger partial charge on any atom is 0.344 e. The van der Waals surface area contributed by atoms with E-state index in [1.54, 1.807) is 39.4 Å². The molecular weight excluding hydrogens is 614 g/mol. The second-order valence-corrected chi connectivity index (χ2v) is 11.9. The Labute approximate surface area is 249 Å². The summed E-state index contributed by atoms with van der Waals surface area (Å²) >= 11 is 6.71. The van der Waals surface area contributed by atoms with Gasteiger partial charge < -0.3 is 18.9 Å². The fourth-order valence-electron chi connectivity index (χ4n) is 4.35. The number of rotatable bonds is 10. The number of esters is 1. The molecule has 0 saturated carbocycles. The van der Waals surface area contributed by atoms with Crippen LogP contribution in [0.1, 0.15) is 36.8 Å². The fraction of sp³-hybridized carbons (Fsp3) is 0.276. The number of thiophene rings is 1. The highest BCUT2D eigenvalue weighted by Crippen LogP contribution is 2.43. The molecule has 0 bridgehead atoms. The molecule has 0 radical (unpaired) electrons. The van der Waals surface area contributed by atoms with Crippen molar-refractivity contribution in [3.63, 3.8) is 0 Å². The molecular formula is C29H28BrN3O5S2. The number of carbonyl (C=O) groups is 1. The third-order valence-electron chi connectivity index (χ3n) is 6.13. The van der Waals surface area contributed by atoms with E-state index < -0.39 is 5.97 Å². The van der Waals surface area contributed by atoms with Crippen LogP contribution < -0.4 is 19.2 Å². The molecule has 0 spiro atoms. The van der Waals surface area contributed by atoms with Gasteiger partial charge in [-0.15, -0.1) is 22.7 Å². The number of aromatic nitrogens is 1. The number of anilines is 1. The summed E-state index contributed by atoms with van der Waals surface area (Å²) in [4.78, 5) is 18.2. The zero-order valence-corrected chi connectivity index (χ0v) is 25.6. The lowest BCUT2D eigenvalue weighted by atomic mass is 10.0. The van der Waals surface area contributed by atoms with Crippen LogP contribution in [0.25, 0.3) is 11.3 Å². The molecule has 11 heteroatoms. The molecule has 208 valence electrons. The van der Waals surface area contributed by atoms with E-state index in [9.17, 15) is 4.79 Å². The fourth-order valence-corrected chi connectivity index (χ4v) is 6.26. The predicted molar refractivity (Wildman–Crippen MR) is 162 cm³/mol. The number of thiazole rings is 1. The second kappa shape index (κ2) is 12.4. The van der Waals surface area contributed by atoms with E-state index in [1.165, 1.54) is 11.3 Å². The third-order valence-corrected chi connectivity index (χ3v) is 8.37. The molecule has 2 aromatic heterocycles. The van der Waals surface area contributed by atoms with Gasteiger partial charge in [-0.25, -0.2) is 14.8 Å². The van der Waals surface area contributed by atoms with Crippen molar-refractivity contribution in [1.82, 2.24) is 4.98 Å². The number of nitrogens with zero attached hydrogens (tertiary/aromatic N) is 3. The summed E-state index contributed by atoms with van der Waals surface area (Å²) in [5.74, 6) is 1.46. The Morgan fingerprint density at radius 2 is 1.88 bits per heavy atom. The van der Waals surface area contributed by atoms with Crippen LogP contribution >= 0.6 is 38.6 Å². The second-order valence-electron chi connectivity index (χ2n) is 9.19. The van der Waals surface area contributed by atoms with Gasteiger partial charge in [0.05, 0.1) is 42.6 Å². The van der Waals surface area contributed by atoms with Crippen LogP contribution in [0.15, 0.2) is 68.9 Å². The molecule has 1 aliphatic rings. The van der Waals surface area contributed by atoms with Gasteiger partial charge in [-0.2, -0.15) is 5.10 Å². The van der Waals surface area contributed by atoms with E-state index in [0.717, 1.165) is 37.0 Å². The summed E-state index contributed by atoms with van der Waals surface area (Å²) in [7, 11) is 3.26. The molecule has 3 heterocycles. The highest BCUT2D eigenvalue weighted by molar-refractivity contribution is 9.10. The van der Waals surface area contributed by atoms with Crippen molar-refractivity contribution in [2.24, 2.45) is 5.10 Å². The van der Waals surface area contributed by atoms with Crippen LogP contribution in [0, 0.1) is 0 Å². The maximum atomic E-state index is 12.1. The van der Waals surface area contributed by atoms with Crippen LogP contribution in [-0.2, 0) is 9.53 Å². The zero-order valence-electron chi connectivity index (χ0n) is 22.4. The number of carbonyl (C=O) groups excluding carboxylic acids is 1. The van der Waals surface area contributed by atoms with Crippen molar-refractivity contribution in [1.29, 1.82) is 0 Å². The molecule has 1 aliphatic heterocycles. The first-order valence-corrected chi connectivity index (χ1v) is 15.1. The van der Waals surface area contributed by atoms with E-state index in [-0.39, 0.29) is 18.8 Å². The molecule has 0 amide bonds. The lowest BCUT2D eigenvalue weighted by Gasteiger charge is -2.22. The highest BCUT2D eigenvalue weighted by Gasteiger charge is 2.33. The van der Waals surface area contributed by atoms with Gasteiger partial charge >= 0.3 is 5.97 Å². The predicted octanol–water partition coefficient (Wildman–Crippen LogP) is 7.34. The normalized spacial score (nSPS) is 14.8. The van der Waals surface area contributed by atoms with Crippen molar-refractivity contribution >= 4 is 55.4 Å². The van der Waals surface area contributed by atoms with Crippen LogP contribution in [0.2, 0.25) is 0 Å². The van der Waals surface area contributed by atoms with Crippen molar-refractivity contribution in [3.8, 4) is 28.5 Å². The minimum atomic E-state index is -0.423. The Balaban J connectivity index is 1.48. The number of benzene rings is 2. The number of halogens is 1. The first-order valence-electron chi connectivity index (χ1n) is 12.6. The van der Waals surface area contributed by atoms with Crippen molar-refractivity contribution in [3.05, 3.63) is 74.2 Å². The lowest BCUT2D eigenvalue weighted by molar-refractivity contribution is -0.149. The topological polar surface area (TPSA) is 82.5 Å². The van der Waals surface area contributed by atoms with Crippen LogP contribution in [-0.4, -0.2) is 43.6 Å². The van der Waals surface area contributed by atoms with Gasteiger partial charge in [0.15, 0.2) is 18.1 Å². The average molecular weight is 643 g/mol. The number of hydrogen-bond donors (Lipinski definition) is 0. The molecule has 5 rings (SSSR count). The highest BCUT2D eigenvalue weighted by atomic mass is 79.9. The lowest BCUT2D eigenvalue weighted by Crippen LogP contribution is -2.19. The summed E-state index contributed by atoms with van der Waals surface area (Å²) in [5.41, 5.74) is 3.53. The number of hydrazone groups is 1. The van der Waals surface area contributed by atoms with Crippen LogP contribution in [0.5, 0.6) is 17.2 Å². The zero-order chi connectivity index (χ0) is 28.2. The Kier molecular flexibility index (Phi) is 8.72. The molecule has 1 atom stereocenters. The van der Waals surface area contributed by atoms with E-state index in [1.807, 2.05) is 52.9 Å². The molecule has 0 aliphatic carbocycles. The average Bonchev–Trinajstić information content (AvgIpc) is 3.72. The number of hydrogen-bond acceptors (Lipinski definition) is 10. The van der Waals surface area contributed by atoms with Gasteiger partial charge in [0.2, 0.25) is 5.13 Å². The molecule has 0 fully saturated rings. The number of methoxy groups -OCH3 is 2. The molecule has 40 heavy (non-hydrogen) atoms. The summed E-state index contributed by atoms with van der Waals surface area (Å²) in [6, 6.07) is 15.6. The van der Waals surface area contributed by atoms with Crippen molar-refractivity contribution < 1.29 is 23.7 Å². The summed E-state index contributed by atoms with van der Waals surface area (Å²) in [6.45, 7) is 3.42. The molecule has 2 aromatic carbocycles. The van der Waals surface area contributed by atoms with Gasteiger partial charge in [-0.3, -0.25) is 0 Å². The van der Waals surface area contributed by atoms with Crippen molar-refractivity contribution in [2.45, 2.75) is 32.4 Å². The Morgan fingerprint density at radius 3 is 2.60 bits per heavy atom. The summed E-state index contributed by atoms with van der Waals surface area (Å²) in [6.07, 6.45) is 0.508. The first kappa shape index (κ1) is 28.1. The number of ether oxygens (including phenoxy) is 4. The van der Waals surface area contributed by atoms with Crippen LogP contribution in [0.4, 0.5) is 5.13 Å². The van der Waals surface area contributed by atoms with Gasteiger partial charge in [0.25, 0.3) is 0 Å². The van der Waals surface area contributed by atoms with E-state index in [2.05, 4.69) is 27.4 Å². The summed E-state index contributed by atoms with van der Waals surface area (Å²) < 4.78 is 23.0. The summed E-state index contributed by atoms with van der Waals surface area (Å²) in [5, 5.41) is 11.8. The standard InChI is InChI=1S/C29H28BrN3O5S2/c1-17(2)38-28(34)15-37-24-10-8-19(30)13-20(24)22-16-40-29(31-22)33-23(14-21(32-33)27-6-5-11-39-27)18-7-9-25(35-3)26(12-18)36-4/h5-13,16-17,23H,14-15H2,1-4H3/t23-/m0/s1. The molecule has 0 unspecified atom stereocenters. The van der Waals surface area contributed by atoms with Gasteiger partial charge in [-0.05, 0) is 61.2 Å². The minimum Gasteiger partial charge on any atom is -0.493 e. The van der Waals surface area contributed by atoms with Crippen LogP contribution in [0.3, 0.4) is 0 Å². The minimum absolute atomic E-state index is 0.0834. The monoisotopic (exact) mass is 641 g/mol. The maximum absolute atomic E-state index is 12.1. The van der Waals surface area contributed by atoms with Gasteiger partial charge in [0.1, 0.15) is 5.75 Å². The quantitative estimate of drug-likeness (QED) is 0.168. The Morgan fingerprint density at radius 1 is 1.07 bits per heavy atom. The van der Waals surface area contributed by atoms with Crippen molar-refractivity contribution in [2.75, 3.05) is 25.8 Å². The Bertz CT molecular complexity index is 1520.